The standard InChI is InChI=1S/C17H19NO3/c1-17(2,3)21-16(20)18-15(11-19)14-9-8-12-6-4-5-7-13(12)10-14/h4-11,15H,1-3H3,(H,18,20). The molecule has 0 aliphatic rings. The molecule has 2 rings (SSSR count). The number of rotatable bonds is 3. The smallest absolute Gasteiger partial charge is 0.408 e. The maximum Gasteiger partial charge on any atom is 0.408 e. The van der Waals surface area contributed by atoms with Gasteiger partial charge in [-0.3, -0.25) is 0 Å². The number of hydrogen-bond donors (Lipinski definition) is 1. The molecule has 0 aromatic heterocycles. The van der Waals surface area contributed by atoms with Crippen LogP contribution in [0.5, 0.6) is 0 Å². The van der Waals surface area contributed by atoms with Gasteiger partial charge in [0.1, 0.15) is 17.9 Å². The van der Waals surface area contributed by atoms with E-state index in [1.807, 2.05) is 42.5 Å². The van der Waals surface area contributed by atoms with Crippen LogP contribution in [0.1, 0.15) is 32.4 Å². The lowest BCUT2D eigenvalue weighted by Gasteiger charge is -2.21. The molecular formula is C17H19NO3. The summed E-state index contributed by atoms with van der Waals surface area (Å²) in [5.41, 5.74) is 0.135. The summed E-state index contributed by atoms with van der Waals surface area (Å²) in [6, 6.07) is 12.8. The molecule has 110 valence electrons. The van der Waals surface area contributed by atoms with Gasteiger partial charge in [-0.2, -0.15) is 0 Å². The van der Waals surface area contributed by atoms with Crippen molar-refractivity contribution in [2.24, 2.45) is 0 Å². The van der Waals surface area contributed by atoms with Crippen LogP contribution in [0.25, 0.3) is 10.8 Å². The summed E-state index contributed by atoms with van der Waals surface area (Å²) in [6.07, 6.45) is 0.0985. The van der Waals surface area contributed by atoms with Crippen LogP contribution in [-0.2, 0) is 9.53 Å². The maximum absolute atomic E-state index is 11.8. The predicted octanol–water partition coefficient (Wildman–Crippen LogP) is 3.60. The van der Waals surface area contributed by atoms with Gasteiger partial charge in [-0.25, -0.2) is 4.79 Å². The molecule has 0 radical (unpaired) electrons. The van der Waals surface area contributed by atoms with E-state index < -0.39 is 17.7 Å². The zero-order chi connectivity index (χ0) is 15.5. The lowest BCUT2D eigenvalue weighted by atomic mass is 10.0. The number of alkyl carbamates (subject to hydrolysis) is 1. The third-order valence-corrected chi connectivity index (χ3v) is 2.94. The molecule has 0 saturated carbocycles. The summed E-state index contributed by atoms with van der Waals surface area (Å²) in [5.74, 6) is 0. The van der Waals surface area contributed by atoms with Gasteiger partial charge in [-0.1, -0.05) is 36.4 Å². The molecule has 2 aromatic carbocycles. The Balaban J connectivity index is 2.19. The lowest BCUT2D eigenvalue weighted by Crippen LogP contribution is -2.35. The van der Waals surface area contributed by atoms with Gasteiger partial charge in [0.2, 0.25) is 0 Å². The topological polar surface area (TPSA) is 55.4 Å². The van der Waals surface area contributed by atoms with Gasteiger partial charge in [-0.05, 0) is 43.2 Å². The lowest BCUT2D eigenvalue weighted by molar-refractivity contribution is -0.109. The highest BCUT2D eigenvalue weighted by atomic mass is 16.6. The minimum Gasteiger partial charge on any atom is -0.444 e. The average molecular weight is 285 g/mol. The molecule has 0 aliphatic heterocycles. The Morgan fingerprint density at radius 1 is 1.14 bits per heavy atom. The van der Waals surface area contributed by atoms with Crippen LogP contribution in [-0.4, -0.2) is 18.0 Å². The van der Waals surface area contributed by atoms with E-state index in [9.17, 15) is 9.59 Å². The van der Waals surface area contributed by atoms with Gasteiger partial charge in [0.05, 0.1) is 0 Å². The first kappa shape index (κ1) is 15.0. The van der Waals surface area contributed by atoms with Crippen LogP contribution in [0.2, 0.25) is 0 Å². The summed E-state index contributed by atoms with van der Waals surface area (Å²) in [4.78, 5) is 23.0. The van der Waals surface area contributed by atoms with E-state index in [0.29, 0.717) is 6.29 Å². The third kappa shape index (κ3) is 4.05. The quantitative estimate of drug-likeness (QED) is 0.876. The molecule has 4 heteroatoms. The minimum atomic E-state index is -0.718. The van der Waals surface area contributed by atoms with Crippen molar-refractivity contribution in [3.63, 3.8) is 0 Å². The molecule has 1 N–H and O–H groups in total. The summed E-state index contributed by atoms with van der Waals surface area (Å²) < 4.78 is 5.17. The molecule has 21 heavy (non-hydrogen) atoms. The third-order valence-electron chi connectivity index (χ3n) is 2.94. The number of fused-ring (bicyclic) bond motifs is 1. The summed E-state index contributed by atoms with van der Waals surface area (Å²) in [5, 5.41) is 4.68. The number of aldehydes is 1. The van der Waals surface area contributed by atoms with Crippen molar-refractivity contribution in [1.82, 2.24) is 5.32 Å². The normalized spacial score (nSPS) is 12.7. The maximum atomic E-state index is 11.8. The van der Waals surface area contributed by atoms with Crippen molar-refractivity contribution in [3.8, 4) is 0 Å². The van der Waals surface area contributed by atoms with Crippen molar-refractivity contribution < 1.29 is 14.3 Å². The fourth-order valence-corrected chi connectivity index (χ4v) is 2.03. The Morgan fingerprint density at radius 3 is 2.43 bits per heavy atom. The van der Waals surface area contributed by atoms with E-state index in [4.69, 9.17) is 4.74 Å². The number of nitrogens with one attached hydrogen (secondary N) is 1. The van der Waals surface area contributed by atoms with Crippen molar-refractivity contribution >= 4 is 23.2 Å². The van der Waals surface area contributed by atoms with E-state index in [-0.39, 0.29) is 0 Å². The second-order valence-electron chi connectivity index (χ2n) is 5.87. The molecule has 0 saturated heterocycles. The number of amides is 1. The van der Waals surface area contributed by atoms with Crippen molar-refractivity contribution in [3.05, 3.63) is 48.0 Å². The van der Waals surface area contributed by atoms with Gasteiger partial charge in [0.25, 0.3) is 0 Å². The highest BCUT2D eigenvalue weighted by molar-refractivity contribution is 5.84. The first-order valence-corrected chi connectivity index (χ1v) is 6.82. The molecule has 0 fully saturated rings. The Bertz CT molecular complexity index is 658. The van der Waals surface area contributed by atoms with E-state index >= 15 is 0 Å². The van der Waals surface area contributed by atoms with Gasteiger partial charge >= 0.3 is 6.09 Å². The van der Waals surface area contributed by atoms with E-state index in [0.717, 1.165) is 16.3 Å². The van der Waals surface area contributed by atoms with E-state index in [1.54, 1.807) is 20.8 Å². The van der Waals surface area contributed by atoms with Crippen LogP contribution < -0.4 is 5.32 Å². The first-order valence-electron chi connectivity index (χ1n) is 6.82. The molecular weight excluding hydrogens is 266 g/mol. The van der Waals surface area contributed by atoms with E-state index in [1.165, 1.54) is 0 Å². The first-order chi connectivity index (χ1) is 9.89. The molecule has 4 nitrogen and oxygen atoms in total. The van der Waals surface area contributed by atoms with Gasteiger partial charge in [0.15, 0.2) is 0 Å². The van der Waals surface area contributed by atoms with Crippen molar-refractivity contribution in [2.75, 3.05) is 0 Å². The van der Waals surface area contributed by atoms with Crippen molar-refractivity contribution in [1.29, 1.82) is 0 Å². The highest BCUT2D eigenvalue weighted by Crippen LogP contribution is 2.20. The summed E-state index contributed by atoms with van der Waals surface area (Å²) in [7, 11) is 0. The molecule has 0 bridgehead atoms. The SMILES string of the molecule is CC(C)(C)OC(=O)NC(C=O)c1ccc2ccccc2c1. The van der Waals surface area contributed by atoms with Crippen LogP contribution in [0.3, 0.4) is 0 Å². The molecule has 1 atom stereocenters. The summed E-state index contributed by atoms with van der Waals surface area (Å²) in [6.45, 7) is 5.33. The Kier molecular flexibility index (Phi) is 4.26. The van der Waals surface area contributed by atoms with Gasteiger partial charge in [-0.15, -0.1) is 0 Å². The average Bonchev–Trinajstić information content (AvgIpc) is 2.42. The second kappa shape index (κ2) is 5.95. The highest BCUT2D eigenvalue weighted by Gasteiger charge is 2.20. The largest absolute Gasteiger partial charge is 0.444 e. The zero-order valence-electron chi connectivity index (χ0n) is 12.4. The van der Waals surface area contributed by atoms with Crippen LogP contribution in [0, 0.1) is 0 Å². The molecule has 2 aromatic rings. The monoisotopic (exact) mass is 285 g/mol. The van der Waals surface area contributed by atoms with E-state index in [2.05, 4.69) is 5.32 Å². The Labute approximate surface area is 124 Å². The van der Waals surface area contributed by atoms with Crippen LogP contribution in [0.15, 0.2) is 42.5 Å². The number of hydrogen-bond acceptors (Lipinski definition) is 3. The second-order valence-corrected chi connectivity index (χ2v) is 5.87. The Morgan fingerprint density at radius 2 is 1.81 bits per heavy atom. The minimum absolute atomic E-state index is 0.596. The number of benzene rings is 2. The fourth-order valence-electron chi connectivity index (χ4n) is 2.03. The molecule has 1 amide bonds. The van der Waals surface area contributed by atoms with Crippen LogP contribution >= 0.6 is 0 Å². The van der Waals surface area contributed by atoms with Gasteiger partial charge in [0, 0.05) is 0 Å². The predicted molar refractivity (Wildman–Crippen MR) is 82.1 cm³/mol. The molecule has 0 heterocycles. The number of ether oxygens (including phenoxy) is 1. The molecule has 0 spiro atoms. The number of carbonyl (C=O) groups is 2. The molecule has 0 aliphatic carbocycles. The number of carbonyl (C=O) groups excluding carboxylic acids is 2. The Hall–Kier alpha value is -2.36. The zero-order valence-corrected chi connectivity index (χ0v) is 12.4. The van der Waals surface area contributed by atoms with Crippen LogP contribution in [0.4, 0.5) is 4.79 Å². The van der Waals surface area contributed by atoms with Gasteiger partial charge < -0.3 is 14.8 Å². The van der Waals surface area contributed by atoms with Crippen molar-refractivity contribution in [2.45, 2.75) is 32.4 Å². The summed E-state index contributed by atoms with van der Waals surface area (Å²) >= 11 is 0. The fraction of sp³-hybridized carbons (Fsp3) is 0.294. The molecule has 1 unspecified atom stereocenters.